The monoisotopic (exact) mass is 478 g/mol. The van der Waals surface area contributed by atoms with Crippen LogP contribution in [-0.2, 0) is 16.0 Å². The summed E-state index contributed by atoms with van der Waals surface area (Å²) in [5.41, 5.74) is 5.22. The number of halogens is 1. The number of allylic oxidation sites excluding steroid dienone is 3. The number of methoxy groups -OCH3 is 1. The maximum absolute atomic E-state index is 14.6. The Balaban J connectivity index is 1.64. The normalized spacial score (nSPS) is 22.5. The number of amides is 1. The molecule has 2 atom stereocenters. The number of carbonyl (C=O) groups excluding carboxylic acids is 1. The van der Waals surface area contributed by atoms with Gasteiger partial charge in [0.1, 0.15) is 5.76 Å². The van der Waals surface area contributed by atoms with Crippen LogP contribution in [0.3, 0.4) is 0 Å². The molecule has 0 spiro atoms. The maximum Gasteiger partial charge on any atom is 0.216 e. The average molecular weight is 479 g/mol. The first-order valence-electron chi connectivity index (χ1n) is 12.3. The number of nitrogens with one attached hydrogen (secondary N) is 2. The molecule has 1 fully saturated rings. The molecule has 1 saturated heterocycles. The van der Waals surface area contributed by atoms with Crippen molar-refractivity contribution >= 4 is 5.91 Å². The number of aliphatic hydroxyl groups is 1. The standard InChI is InChI=1S/C29H35FN2O3/c1-19-16-22(25-7-5-4-6-21(25)12-14-32-20(2)33)8-10-24(19)26-18-31-15-13-29(26,34)23-9-11-28(35-3)27(30)17-23/h4-8,10,16-17,26,31,34H,9,11-15,18H2,1-3H3,(H,32,33). The van der Waals surface area contributed by atoms with E-state index in [-0.39, 0.29) is 17.7 Å². The molecule has 3 N–H and O–H groups in total. The van der Waals surface area contributed by atoms with Crippen LogP contribution in [0.5, 0.6) is 0 Å². The van der Waals surface area contributed by atoms with E-state index in [2.05, 4.69) is 47.9 Å². The van der Waals surface area contributed by atoms with Crippen molar-refractivity contribution in [2.45, 2.75) is 51.0 Å². The fourth-order valence-corrected chi connectivity index (χ4v) is 5.46. The van der Waals surface area contributed by atoms with E-state index in [1.165, 1.54) is 25.7 Å². The van der Waals surface area contributed by atoms with Crippen molar-refractivity contribution in [2.24, 2.45) is 0 Å². The van der Waals surface area contributed by atoms with Crippen molar-refractivity contribution in [2.75, 3.05) is 26.7 Å². The lowest BCUT2D eigenvalue weighted by atomic mass is 9.70. The number of hydrogen-bond donors (Lipinski definition) is 3. The second-order valence-electron chi connectivity index (χ2n) is 9.54. The summed E-state index contributed by atoms with van der Waals surface area (Å²) in [7, 11) is 1.48. The van der Waals surface area contributed by atoms with E-state index in [4.69, 9.17) is 4.74 Å². The van der Waals surface area contributed by atoms with Crippen molar-refractivity contribution in [3.63, 3.8) is 0 Å². The van der Waals surface area contributed by atoms with Gasteiger partial charge in [0, 0.05) is 32.4 Å². The maximum atomic E-state index is 14.6. The van der Waals surface area contributed by atoms with E-state index >= 15 is 0 Å². The first-order valence-corrected chi connectivity index (χ1v) is 12.3. The third-order valence-electron chi connectivity index (χ3n) is 7.34. The summed E-state index contributed by atoms with van der Waals surface area (Å²) in [6.07, 6.45) is 3.81. The van der Waals surface area contributed by atoms with Crippen LogP contribution in [0.4, 0.5) is 4.39 Å². The molecular formula is C29H35FN2O3. The molecule has 6 heteroatoms. The van der Waals surface area contributed by atoms with Crippen molar-refractivity contribution in [3.05, 3.63) is 82.4 Å². The second kappa shape index (κ2) is 10.8. The molecule has 0 bridgehead atoms. The zero-order chi connectivity index (χ0) is 25.0. The molecule has 5 nitrogen and oxygen atoms in total. The van der Waals surface area contributed by atoms with Gasteiger partial charge in [0.25, 0.3) is 0 Å². The Morgan fingerprint density at radius 2 is 2.06 bits per heavy atom. The topological polar surface area (TPSA) is 70.6 Å². The highest BCUT2D eigenvalue weighted by Gasteiger charge is 2.44. The number of aryl methyl sites for hydroxylation is 1. The highest BCUT2D eigenvalue weighted by molar-refractivity contribution is 5.73. The Hall–Kier alpha value is -2.96. The van der Waals surface area contributed by atoms with Gasteiger partial charge in [-0.15, -0.1) is 0 Å². The van der Waals surface area contributed by atoms with Crippen LogP contribution in [0.15, 0.2) is 65.7 Å². The lowest BCUT2D eigenvalue weighted by molar-refractivity contribution is -0.118. The molecule has 2 aromatic carbocycles. The minimum Gasteiger partial charge on any atom is -0.498 e. The van der Waals surface area contributed by atoms with Gasteiger partial charge in [-0.25, -0.2) is 4.39 Å². The van der Waals surface area contributed by atoms with Gasteiger partial charge in [0.15, 0.2) is 5.83 Å². The summed E-state index contributed by atoms with van der Waals surface area (Å²) in [5, 5.41) is 18.2. The van der Waals surface area contributed by atoms with Crippen LogP contribution in [0.2, 0.25) is 0 Å². The van der Waals surface area contributed by atoms with Crippen molar-refractivity contribution in [3.8, 4) is 11.1 Å². The zero-order valence-electron chi connectivity index (χ0n) is 20.8. The number of piperidine rings is 1. The quantitative estimate of drug-likeness (QED) is 0.540. The third kappa shape index (κ3) is 5.34. The lowest BCUT2D eigenvalue weighted by Crippen LogP contribution is -2.50. The zero-order valence-corrected chi connectivity index (χ0v) is 20.8. The number of ether oxygens (including phenoxy) is 1. The molecule has 1 heterocycles. The van der Waals surface area contributed by atoms with Gasteiger partial charge >= 0.3 is 0 Å². The van der Waals surface area contributed by atoms with E-state index in [1.807, 2.05) is 12.1 Å². The molecule has 0 radical (unpaired) electrons. The molecule has 35 heavy (non-hydrogen) atoms. The van der Waals surface area contributed by atoms with Crippen LogP contribution in [0, 0.1) is 6.92 Å². The van der Waals surface area contributed by atoms with E-state index in [9.17, 15) is 14.3 Å². The minimum atomic E-state index is -1.11. The fraction of sp³-hybridized carbons (Fsp3) is 0.414. The van der Waals surface area contributed by atoms with Crippen LogP contribution in [0.1, 0.15) is 48.8 Å². The number of hydrogen-bond acceptors (Lipinski definition) is 4. The van der Waals surface area contributed by atoms with Crippen LogP contribution in [-0.4, -0.2) is 43.4 Å². The highest BCUT2D eigenvalue weighted by Crippen LogP contribution is 2.44. The Morgan fingerprint density at radius 3 is 2.77 bits per heavy atom. The van der Waals surface area contributed by atoms with Gasteiger partial charge in [-0.2, -0.15) is 0 Å². The summed E-state index contributed by atoms with van der Waals surface area (Å²) in [4.78, 5) is 11.3. The Labute approximate surface area is 207 Å². The SMILES string of the molecule is COC1=C(F)C=C(C2(O)CCNCC2c2ccc(-c3ccccc3CCNC(C)=O)cc2C)CC1. The van der Waals surface area contributed by atoms with E-state index in [0.717, 1.165) is 34.2 Å². The Morgan fingerprint density at radius 1 is 1.26 bits per heavy atom. The molecule has 1 amide bonds. The molecule has 2 unspecified atom stereocenters. The third-order valence-corrected chi connectivity index (χ3v) is 7.34. The number of rotatable bonds is 7. The van der Waals surface area contributed by atoms with Crippen LogP contribution < -0.4 is 10.6 Å². The molecular weight excluding hydrogens is 443 g/mol. The summed E-state index contributed by atoms with van der Waals surface area (Å²) in [6.45, 7) is 5.51. The van der Waals surface area contributed by atoms with Gasteiger partial charge in [0.2, 0.25) is 5.91 Å². The van der Waals surface area contributed by atoms with Crippen molar-refractivity contribution in [1.29, 1.82) is 0 Å². The van der Waals surface area contributed by atoms with E-state index in [0.29, 0.717) is 44.7 Å². The molecule has 4 rings (SSSR count). The molecule has 0 aromatic heterocycles. The lowest BCUT2D eigenvalue weighted by Gasteiger charge is -2.44. The first-order chi connectivity index (χ1) is 16.8. The van der Waals surface area contributed by atoms with E-state index < -0.39 is 5.60 Å². The van der Waals surface area contributed by atoms with Gasteiger partial charge in [0.05, 0.1) is 12.7 Å². The fourth-order valence-electron chi connectivity index (χ4n) is 5.46. The van der Waals surface area contributed by atoms with Gasteiger partial charge in [-0.1, -0.05) is 42.5 Å². The van der Waals surface area contributed by atoms with Crippen molar-refractivity contribution in [1.82, 2.24) is 10.6 Å². The highest BCUT2D eigenvalue weighted by atomic mass is 19.1. The summed E-state index contributed by atoms with van der Waals surface area (Å²) in [5.74, 6) is -0.246. The average Bonchev–Trinajstić information content (AvgIpc) is 2.84. The number of carbonyl (C=O) groups is 1. The molecule has 186 valence electrons. The second-order valence-corrected chi connectivity index (χ2v) is 9.54. The number of benzene rings is 2. The Bertz CT molecular complexity index is 1160. The Kier molecular flexibility index (Phi) is 7.72. The largest absolute Gasteiger partial charge is 0.498 e. The molecule has 2 aromatic rings. The smallest absolute Gasteiger partial charge is 0.216 e. The molecule has 1 aliphatic heterocycles. The molecule has 2 aliphatic rings. The van der Waals surface area contributed by atoms with Crippen LogP contribution >= 0.6 is 0 Å². The first kappa shape index (κ1) is 25.1. The summed E-state index contributed by atoms with van der Waals surface area (Å²) >= 11 is 0. The predicted octanol–water partition coefficient (Wildman–Crippen LogP) is 4.70. The van der Waals surface area contributed by atoms with Gasteiger partial charge in [-0.05, 0) is 72.2 Å². The summed E-state index contributed by atoms with van der Waals surface area (Å²) < 4.78 is 19.7. The molecule has 1 aliphatic carbocycles. The van der Waals surface area contributed by atoms with Gasteiger partial charge < -0.3 is 20.5 Å². The van der Waals surface area contributed by atoms with E-state index in [1.54, 1.807) is 0 Å². The molecule has 0 saturated carbocycles. The predicted molar refractivity (Wildman–Crippen MR) is 137 cm³/mol. The summed E-state index contributed by atoms with van der Waals surface area (Å²) in [6, 6.07) is 14.6. The van der Waals surface area contributed by atoms with Gasteiger partial charge in [-0.3, -0.25) is 4.79 Å². The minimum absolute atomic E-state index is 0.0295. The van der Waals surface area contributed by atoms with Crippen molar-refractivity contribution < 1.29 is 19.0 Å². The van der Waals surface area contributed by atoms with Crippen LogP contribution in [0.25, 0.3) is 11.1 Å².